The number of carbonyl (C=O) groups is 1. The molecule has 0 aliphatic carbocycles. The average molecular weight is 214 g/mol. The molecular formula is C11H18O4. The van der Waals surface area contributed by atoms with Crippen molar-refractivity contribution in [3.8, 4) is 0 Å². The molecule has 0 spiro atoms. The Morgan fingerprint density at radius 1 is 1.20 bits per heavy atom. The van der Waals surface area contributed by atoms with Crippen molar-refractivity contribution in [1.29, 1.82) is 0 Å². The van der Waals surface area contributed by atoms with Gasteiger partial charge in [-0.05, 0) is 0 Å². The van der Waals surface area contributed by atoms with Crippen LogP contribution in [-0.4, -0.2) is 32.7 Å². The molecule has 0 rings (SSSR count). The fraction of sp³-hybridized carbons (Fsp3) is 0.545. The van der Waals surface area contributed by atoms with E-state index in [0.29, 0.717) is 45.0 Å². The minimum absolute atomic E-state index is 0.425. The van der Waals surface area contributed by atoms with E-state index < -0.39 is 0 Å². The van der Waals surface area contributed by atoms with Crippen molar-refractivity contribution in [2.24, 2.45) is 0 Å². The van der Waals surface area contributed by atoms with Gasteiger partial charge in [-0.25, -0.2) is 0 Å². The van der Waals surface area contributed by atoms with Crippen molar-refractivity contribution in [1.82, 2.24) is 0 Å². The SMILES string of the molecule is C=COCCC(=C)OCCOCCC=O. The molecule has 0 atom stereocenters. The van der Waals surface area contributed by atoms with Gasteiger partial charge in [-0.1, -0.05) is 13.2 Å². The van der Waals surface area contributed by atoms with E-state index >= 15 is 0 Å². The number of hydrogen-bond donors (Lipinski definition) is 0. The Bertz CT molecular complexity index is 189. The molecule has 0 saturated carbocycles. The molecule has 0 aliphatic heterocycles. The maximum atomic E-state index is 9.95. The Morgan fingerprint density at radius 3 is 2.67 bits per heavy atom. The Kier molecular flexibility index (Phi) is 9.86. The van der Waals surface area contributed by atoms with Crippen molar-refractivity contribution >= 4 is 6.29 Å². The van der Waals surface area contributed by atoms with Crippen LogP contribution in [0.5, 0.6) is 0 Å². The average Bonchev–Trinajstić information content (AvgIpc) is 2.23. The van der Waals surface area contributed by atoms with Gasteiger partial charge in [0.05, 0.1) is 31.8 Å². The standard InChI is InChI=1S/C11H18O4/c1-3-13-8-5-11(2)15-10-9-14-7-4-6-12/h3,6H,1-2,4-5,7-10H2. The highest BCUT2D eigenvalue weighted by molar-refractivity contribution is 5.49. The van der Waals surface area contributed by atoms with Gasteiger partial charge in [0, 0.05) is 12.8 Å². The van der Waals surface area contributed by atoms with Gasteiger partial charge in [0.1, 0.15) is 12.9 Å². The first-order valence-corrected chi connectivity index (χ1v) is 4.85. The van der Waals surface area contributed by atoms with Crippen molar-refractivity contribution in [3.05, 3.63) is 25.2 Å². The number of rotatable bonds is 11. The Balaban J connectivity index is 3.16. The second-order valence-corrected chi connectivity index (χ2v) is 2.74. The second-order valence-electron chi connectivity index (χ2n) is 2.74. The maximum Gasteiger partial charge on any atom is 0.122 e. The van der Waals surface area contributed by atoms with E-state index in [0.717, 1.165) is 6.29 Å². The monoisotopic (exact) mass is 214 g/mol. The first kappa shape index (κ1) is 13.7. The summed E-state index contributed by atoms with van der Waals surface area (Å²) in [4.78, 5) is 9.95. The molecule has 0 N–H and O–H groups in total. The summed E-state index contributed by atoms with van der Waals surface area (Å²) in [6.45, 7) is 9.02. The molecule has 0 saturated heterocycles. The molecule has 0 aromatic rings. The van der Waals surface area contributed by atoms with Gasteiger partial charge in [-0.2, -0.15) is 0 Å². The van der Waals surface area contributed by atoms with Crippen LogP contribution in [0.4, 0.5) is 0 Å². The Labute approximate surface area is 90.5 Å². The van der Waals surface area contributed by atoms with Crippen molar-refractivity contribution in [2.45, 2.75) is 12.8 Å². The minimum Gasteiger partial charge on any atom is -0.501 e. The molecule has 15 heavy (non-hydrogen) atoms. The van der Waals surface area contributed by atoms with E-state index in [1.807, 2.05) is 0 Å². The lowest BCUT2D eigenvalue weighted by Gasteiger charge is -2.08. The zero-order chi connectivity index (χ0) is 11.4. The topological polar surface area (TPSA) is 44.8 Å². The maximum absolute atomic E-state index is 9.95. The first-order chi connectivity index (χ1) is 7.31. The Morgan fingerprint density at radius 2 is 2.00 bits per heavy atom. The van der Waals surface area contributed by atoms with Gasteiger partial charge in [0.2, 0.25) is 0 Å². The number of ether oxygens (including phenoxy) is 3. The molecule has 0 radical (unpaired) electrons. The van der Waals surface area contributed by atoms with Crippen LogP contribution in [0.3, 0.4) is 0 Å². The van der Waals surface area contributed by atoms with Crippen LogP contribution in [-0.2, 0) is 19.0 Å². The molecule has 0 unspecified atom stereocenters. The molecule has 86 valence electrons. The molecule has 0 bridgehead atoms. The molecule has 0 fully saturated rings. The third-order valence-electron chi connectivity index (χ3n) is 1.53. The van der Waals surface area contributed by atoms with E-state index in [4.69, 9.17) is 14.2 Å². The van der Waals surface area contributed by atoms with Gasteiger partial charge in [-0.3, -0.25) is 0 Å². The number of hydrogen-bond acceptors (Lipinski definition) is 4. The lowest BCUT2D eigenvalue weighted by molar-refractivity contribution is -0.108. The second kappa shape index (κ2) is 10.8. The summed E-state index contributed by atoms with van der Waals surface area (Å²) in [5, 5.41) is 0. The minimum atomic E-state index is 0.425. The molecule has 4 heteroatoms. The molecule has 0 aromatic heterocycles. The lowest BCUT2D eigenvalue weighted by Crippen LogP contribution is -2.06. The summed E-state index contributed by atoms with van der Waals surface area (Å²) in [6.07, 6.45) is 3.27. The molecule has 4 nitrogen and oxygen atoms in total. The highest BCUT2D eigenvalue weighted by atomic mass is 16.5. The van der Waals surface area contributed by atoms with Crippen LogP contribution < -0.4 is 0 Å². The van der Waals surface area contributed by atoms with Gasteiger partial charge >= 0.3 is 0 Å². The fourth-order valence-corrected chi connectivity index (χ4v) is 0.807. The van der Waals surface area contributed by atoms with Crippen LogP contribution in [0.25, 0.3) is 0 Å². The smallest absolute Gasteiger partial charge is 0.122 e. The molecular weight excluding hydrogens is 196 g/mol. The third kappa shape index (κ3) is 10.6. The van der Waals surface area contributed by atoms with E-state index in [-0.39, 0.29) is 0 Å². The highest BCUT2D eigenvalue weighted by Gasteiger charge is 1.95. The zero-order valence-electron chi connectivity index (χ0n) is 8.94. The normalized spacial score (nSPS) is 9.33. The van der Waals surface area contributed by atoms with Gasteiger partial charge in [0.15, 0.2) is 0 Å². The molecule has 0 aromatic carbocycles. The van der Waals surface area contributed by atoms with Gasteiger partial charge in [-0.15, -0.1) is 0 Å². The fourth-order valence-electron chi connectivity index (χ4n) is 0.807. The van der Waals surface area contributed by atoms with Crippen LogP contribution in [0.2, 0.25) is 0 Å². The first-order valence-electron chi connectivity index (χ1n) is 4.85. The van der Waals surface area contributed by atoms with Crippen LogP contribution in [0, 0.1) is 0 Å². The van der Waals surface area contributed by atoms with Crippen LogP contribution in [0.1, 0.15) is 12.8 Å². The zero-order valence-corrected chi connectivity index (χ0v) is 8.94. The predicted molar refractivity (Wildman–Crippen MR) is 57.4 cm³/mol. The van der Waals surface area contributed by atoms with E-state index in [9.17, 15) is 4.79 Å². The summed E-state index contributed by atoms with van der Waals surface area (Å²) in [6, 6.07) is 0. The Hall–Kier alpha value is -1.29. The molecule has 0 aliphatic rings. The van der Waals surface area contributed by atoms with Crippen LogP contribution >= 0.6 is 0 Å². The summed E-state index contributed by atoms with van der Waals surface area (Å²) in [5.41, 5.74) is 0. The van der Waals surface area contributed by atoms with E-state index in [1.54, 1.807) is 0 Å². The van der Waals surface area contributed by atoms with E-state index in [2.05, 4.69) is 13.2 Å². The largest absolute Gasteiger partial charge is 0.501 e. The lowest BCUT2D eigenvalue weighted by atomic mass is 10.4. The van der Waals surface area contributed by atoms with Crippen LogP contribution in [0.15, 0.2) is 25.2 Å². The summed E-state index contributed by atoms with van der Waals surface area (Å²) >= 11 is 0. The summed E-state index contributed by atoms with van der Waals surface area (Å²) in [7, 11) is 0. The van der Waals surface area contributed by atoms with Crippen molar-refractivity contribution in [2.75, 3.05) is 26.4 Å². The third-order valence-corrected chi connectivity index (χ3v) is 1.53. The van der Waals surface area contributed by atoms with Gasteiger partial charge in [0.25, 0.3) is 0 Å². The van der Waals surface area contributed by atoms with E-state index in [1.165, 1.54) is 6.26 Å². The van der Waals surface area contributed by atoms with Gasteiger partial charge < -0.3 is 19.0 Å². The number of carbonyl (C=O) groups excluding carboxylic acids is 1. The quantitative estimate of drug-likeness (QED) is 0.298. The number of aldehydes is 1. The summed E-state index contributed by atoms with van der Waals surface area (Å²) in [5.74, 6) is 0.663. The highest BCUT2D eigenvalue weighted by Crippen LogP contribution is 2.00. The molecule has 0 amide bonds. The van der Waals surface area contributed by atoms with Crippen molar-refractivity contribution < 1.29 is 19.0 Å². The predicted octanol–water partition coefficient (Wildman–Crippen LogP) is 1.67. The molecule has 0 heterocycles. The summed E-state index contributed by atoms with van der Waals surface area (Å²) < 4.78 is 15.3. The van der Waals surface area contributed by atoms with Crippen molar-refractivity contribution in [3.63, 3.8) is 0 Å².